The van der Waals surface area contributed by atoms with E-state index in [1.54, 1.807) is 0 Å². The van der Waals surface area contributed by atoms with Crippen molar-refractivity contribution in [2.24, 2.45) is 5.14 Å². The Labute approximate surface area is 71.9 Å². The number of rotatable bonds is 2. The first-order chi connectivity index (χ1) is 5.43. The van der Waals surface area contributed by atoms with Gasteiger partial charge in [0.25, 0.3) is 6.43 Å². The Kier molecular flexibility index (Phi) is 2.45. The number of thiophene rings is 1. The number of alkyl halides is 2. The summed E-state index contributed by atoms with van der Waals surface area (Å²) in [5.74, 6) is 0. The summed E-state index contributed by atoms with van der Waals surface area (Å²) in [7, 11) is -4.00. The van der Waals surface area contributed by atoms with Gasteiger partial charge in [-0.05, 0) is 11.4 Å². The third-order valence-corrected chi connectivity index (χ3v) is 3.18. The third kappa shape index (κ3) is 1.79. The minimum atomic E-state index is -4.00. The molecule has 1 aromatic heterocycles. The number of nitrogens with two attached hydrogens (primary N) is 1. The normalized spacial score (nSPS) is 12.3. The van der Waals surface area contributed by atoms with Gasteiger partial charge in [-0.2, -0.15) is 0 Å². The Morgan fingerprint density at radius 2 is 2.08 bits per heavy atom. The summed E-state index contributed by atoms with van der Waals surface area (Å²) in [5, 5.41) is 5.95. The van der Waals surface area contributed by atoms with Crippen LogP contribution in [0.3, 0.4) is 0 Å². The van der Waals surface area contributed by atoms with Crippen LogP contribution < -0.4 is 5.14 Å². The summed E-state index contributed by atoms with van der Waals surface area (Å²) in [5.41, 5.74) is 0. The number of hydrogen-bond acceptors (Lipinski definition) is 3. The maximum atomic E-state index is 12.1. The first kappa shape index (κ1) is 9.56. The molecule has 0 fully saturated rings. The highest BCUT2D eigenvalue weighted by atomic mass is 32.2. The van der Waals surface area contributed by atoms with Crippen LogP contribution in [-0.4, -0.2) is 8.42 Å². The van der Waals surface area contributed by atoms with Crippen LogP contribution in [0.1, 0.15) is 11.3 Å². The molecule has 0 bridgehead atoms. The van der Waals surface area contributed by atoms with E-state index in [1.165, 1.54) is 5.38 Å². The second-order valence-electron chi connectivity index (χ2n) is 1.99. The largest absolute Gasteiger partial charge is 0.274 e. The molecule has 0 aliphatic heterocycles. The van der Waals surface area contributed by atoms with Crippen LogP contribution in [0, 0.1) is 0 Å². The third-order valence-electron chi connectivity index (χ3n) is 1.16. The van der Waals surface area contributed by atoms with Crippen LogP contribution in [-0.2, 0) is 10.0 Å². The van der Waals surface area contributed by atoms with Gasteiger partial charge in [-0.25, -0.2) is 22.3 Å². The molecule has 1 rings (SSSR count). The van der Waals surface area contributed by atoms with Gasteiger partial charge in [-0.15, -0.1) is 11.3 Å². The number of primary sulfonamides is 1. The van der Waals surface area contributed by atoms with Crippen molar-refractivity contribution in [2.75, 3.05) is 0 Å². The van der Waals surface area contributed by atoms with E-state index in [4.69, 9.17) is 0 Å². The molecule has 0 radical (unpaired) electrons. The van der Waals surface area contributed by atoms with Crippen molar-refractivity contribution >= 4 is 21.4 Å². The molecule has 0 atom stereocenters. The second kappa shape index (κ2) is 3.08. The van der Waals surface area contributed by atoms with Crippen molar-refractivity contribution in [2.45, 2.75) is 11.3 Å². The number of sulfonamides is 1. The Morgan fingerprint density at radius 1 is 1.50 bits per heavy atom. The quantitative estimate of drug-likeness (QED) is 0.805. The van der Waals surface area contributed by atoms with Crippen molar-refractivity contribution < 1.29 is 17.2 Å². The highest BCUT2D eigenvalue weighted by Crippen LogP contribution is 2.30. The lowest BCUT2D eigenvalue weighted by molar-refractivity contribution is 0.152. The van der Waals surface area contributed by atoms with Gasteiger partial charge in [0.2, 0.25) is 10.0 Å². The van der Waals surface area contributed by atoms with Gasteiger partial charge in [0.1, 0.15) is 4.90 Å². The molecule has 68 valence electrons. The zero-order valence-corrected chi connectivity index (χ0v) is 7.33. The highest BCUT2D eigenvalue weighted by molar-refractivity contribution is 7.89. The predicted molar refractivity (Wildman–Crippen MR) is 40.6 cm³/mol. The molecule has 12 heavy (non-hydrogen) atoms. The van der Waals surface area contributed by atoms with Gasteiger partial charge in [0.05, 0.1) is 4.88 Å². The molecule has 0 amide bonds. The van der Waals surface area contributed by atoms with E-state index in [0.29, 0.717) is 11.3 Å². The molecule has 0 unspecified atom stereocenters. The molecular formula is C5H5F2NO2S2. The van der Waals surface area contributed by atoms with Gasteiger partial charge in [0.15, 0.2) is 0 Å². The first-order valence-electron chi connectivity index (χ1n) is 2.81. The minimum Gasteiger partial charge on any atom is -0.225 e. The van der Waals surface area contributed by atoms with Crippen molar-refractivity contribution in [3.8, 4) is 0 Å². The molecule has 0 aliphatic rings. The molecule has 0 saturated heterocycles. The van der Waals surface area contributed by atoms with Gasteiger partial charge in [0, 0.05) is 0 Å². The molecule has 0 spiro atoms. The average Bonchev–Trinajstić information content (AvgIpc) is 2.30. The van der Waals surface area contributed by atoms with Crippen molar-refractivity contribution in [3.63, 3.8) is 0 Å². The van der Waals surface area contributed by atoms with E-state index in [1.807, 2.05) is 0 Å². The fraction of sp³-hybridized carbons (Fsp3) is 0.200. The average molecular weight is 213 g/mol. The lowest BCUT2D eigenvalue weighted by Gasteiger charge is -1.98. The molecule has 1 aromatic rings. The standard InChI is InChI=1S/C5H5F2NO2S2/c6-5(7)4-3(1-2-11-4)12(8,9)10/h1-2,5H,(H2,8,9,10). The highest BCUT2D eigenvalue weighted by Gasteiger charge is 2.21. The second-order valence-corrected chi connectivity index (χ2v) is 4.47. The van der Waals surface area contributed by atoms with Crippen LogP contribution in [0.15, 0.2) is 16.3 Å². The Morgan fingerprint density at radius 3 is 2.42 bits per heavy atom. The van der Waals surface area contributed by atoms with Gasteiger partial charge < -0.3 is 0 Å². The van der Waals surface area contributed by atoms with E-state index < -0.39 is 26.2 Å². The number of hydrogen-bond donors (Lipinski definition) is 1. The summed E-state index contributed by atoms with van der Waals surface area (Å²) in [6.45, 7) is 0. The summed E-state index contributed by atoms with van der Waals surface area (Å²) in [4.78, 5) is -0.986. The monoisotopic (exact) mass is 213 g/mol. The van der Waals surface area contributed by atoms with Crippen LogP contribution >= 0.6 is 11.3 Å². The Balaban J connectivity index is 3.26. The predicted octanol–water partition coefficient (Wildman–Crippen LogP) is 1.33. The van der Waals surface area contributed by atoms with Gasteiger partial charge in [-0.1, -0.05) is 0 Å². The molecule has 0 saturated carbocycles. The zero-order chi connectivity index (χ0) is 9.35. The number of halogens is 2. The van der Waals surface area contributed by atoms with E-state index in [-0.39, 0.29) is 0 Å². The van der Waals surface area contributed by atoms with E-state index in [9.17, 15) is 17.2 Å². The first-order valence-corrected chi connectivity index (χ1v) is 5.24. The SMILES string of the molecule is NS(=O)(=O)c1ccsc1C(F)F. The molecule has 0 aliphatic carbocycles. The summed E-state index contributed by atoms with van der Waals surface area (Å²) >= 11 is 0.675. The molecule has 0 aromatic carbocycles. The summed E-state index contributed by atoms with van der Waals surface area (Å²) in [6, 6.07) is 1.07. The topological polar surface area (TPSA) is 60.2 Å². The van der Waals surface area contributed by atoms with E-state index in [0.717, 1.165) is 6.07 Å². The maximum Gasteiger partial charge on any atom is 0.274 e. The van der Waals surface area contributed by atoms with Crippen molar-refractivity contribution in [1.29, 1.82) is 0 Å². The lowest BCUT2D eigenvalue weighted by Crippen LogP contribution is -2.12. The smallest absolute Gasteiger partial charge is 0.225 e. The van der Waals surface area contributed by atoms with Crippen LogP contribution in [0.4, 0.5) is 8.78 Å². The molecule has 3 nitrogen and oxygen atoms in total. The van der Waals surface area contributed by atoms with Gasteiger partial charge >= 0.3 is 0 Å². The van der Waals surface area contributed by atoms with E-state index >= 15 is 0 Å². The molecule has 2 N–H and O–H groups in total. The molecule has 1 heterocycles. The van der Waals surface area contributed by atoms with Crippen LogP contribution in [0.25, 0.3) is 0 Å². The zero-order valence-electron chi connectivity index (χ0n) is 5.70. The fourth-order valence-corrected chi connectivity index (χ4v) is 2.55. The maximum absolute atomic E-state index is 12.1. The van der Waals surface area contributed by atoms with Crippen LogP contribution in [0.2, 0.25) is 0 Å². The Hall–Kier alpha value is -0.530. The lowest BCUT2D eigenvalue weighted by atomic mass is 10.5. The van der Waals surface area contributed by atoms with Crippen molar-refractivity contribution in [1.82, 2.24) is 0 Å². The van der Waals surface area contributed by atoms with Crippen LogP contribution in [0.5, 0.6) is 0 Å². The summed E-state index contributed by atoms with van der Waals surface area (Å²) in [6.07, 6.45) is -2.79. The van der Waals surface area contributed by atoms with E-state index in [2.05, 4.69) is 5.14 Å². The molecular weight excluding hydrogens is 208 g/mol. The van der Waals surface area contributed by atoms with Crippen molar-refractivity contribution in [3.05, 3.63) is 16.3 Å². The minimum absolute atomic E-state index is 0.484. The fourth-order valence-electron chi connectivity index (χ4n) is 0.703. The molecule has 7 heteroatoms. The van der Waals surface area contributed by atoms with Gasteiger partial charge in [-0.3, -0.25) is 0 Å². The Bertz CT molecular complexity index is 371. The summed E-state index contributed by atoms with van der Waals surface area (Å²) < 4.78 is 45.5.